The molecule has 1 saturated heterocycles. The van der Waals surface area contributed by atoms with Crippen molar-refractivity contribution in [2.75, 3.05) is 20.8 Å². The van der Waals surface area contributed by atoms with Gasteiger partial charge in [0, 0.05) is 64.6 Å². The highest BCUT2D eigenvalue weighted by Crippen LogP contribution is 2.45. The molecule has 1 aliphatic carbocycles. The molecule has 0 radical (unpaired) electrons. The molecule has 2 aromatic carbocycles. The van der Waals surface area contributed by atoms with Crippen LogP contribution >= 0.6 is 23.2 Å². The van der Waals surface area contributed by atoms with Crippen molar-refractivity contribution < 1.29 is 33.7 Å². The summed E-state index contributed by atoms with van der Waals surface area (Å²) in [6, 6.07) is 16.3. The maximum atomic E-state index is 13.3. The fourth-order valence-electron chi connectivity index (χ4n) is 7.08. The minimum atomic E-state index is -0.923. The van der Waals surface area contributed by atoms with Crippen LogP contribution < -0.4 is 20.1 Å². The number of pyridine rings is 2. The molecule has 0 unspecified atom stereocenters. The van der Waals surface area contributed by atoms with E-state index in [1.165, 1.54) is 7.11 Å². The number of halogens is 2. The quantitative estimate of drug-likeness (QED) is 0.113. The summed E-state index contributed by atoms with van der Waals surface area (Å²) in [5.41, 5.74) is 3.61. The Morgan fingerprint density at radius 3 is 2.35 bits per heavy atom. The van der Waals surface area contributed by atoms with Crippen molar-refractivity contribution in [1.82, 2.24) is 25.5 Å². The Labute approximate surface area is 343 Å². The van der Waals surface area contributed by atoms with Gasteiger partial charge in [-0.3, -0.25) is 19.9 Å². The lowest BCUT2D eigenvalue weighted by molar-refractivity contribution is -0.141. The first-order chi connectivity index (χ1) is 27.0. The zero-order valence-corrected chi connectivity index (χ0v) is 34.8. The van der Waals surface area contributed by atoms with Gasteiger partial charge in [-0.05, 0) is 70.2 Å². The number of benzene rings is 2. The Balaban J connectivity index is 1.29. The number of carboxylic acid groups (broad SMARTS) is 1. The lowest BCUT2D eigenvalue weighted by Crippen LogP contribution is -2.43. The molecule has 2 fully saturated rings. The third-order valence-corrected chi connectivity index (χ3v) is 11.0. The van der Waals surface area contributed by atoms with Gasteiger partial charge in [0.1, 0.15) is 16.9 Å². The van der Waals surface area contributed by atoms with Gasteiger partial charge in [-0.1, -0.05) is 67.4 Å². The Morgan fingerprint density at radius 2 is 1.74 bits per heavy atom. The second-order valence-corrected chi connectivity index (χ2v) is 16.7. The molecule has 3 N–H and O–H groups in total. The summed E-state index contributed by atoms with van der Waals surface area (Å²) in [5.74, 6) is 0.100. The number of rotatable bonds is 14. The second kappa shape index (κ2) is 16.9. The highest BCUT2D eigenvalue weighted by Gasteiger charge is 2.52. The van der Waals surface area contributed by atoms with E-state index in [0.29, 0.717) is 86.6 Å². The maximum absolute atomic E-state index is 13.3. The molecule has 1 aliphatic heterocycles. The molecule has 14 heteroatoms. The van der Waals surface area contributed by atoms with Gasteiger partial charge < -0.3 is 29.5 Å². The first kappa shape index (κ1) is 41.7. The summed E-state index contributed by atoms with van der Waals surface area (Å²) in [7, 11) is 3.10. The van der Waals surface area contributed by atoms with Gasteiger partial charge >= 0.3 is 12.1 Å². The number of methoxy groups -OCH3 is 2. The van der Waals surface area contributed by atoms with Crippen LogP contribution in [0, 0.1) is 5.92 Å². The first-order valence-electron chi connectivity index (χ1n) is 19.0. The van der Waals surface area contributed by atoms with E-state index in [-0.39, 0.29) is 37.0 Å². The van der Waals surface area contributed by atoms with Crippen molar-refractivity contribution >= 4 is 41.2 Å². The molecule has 2 amide bonds. The van der Waals surface area contributed by atoms with Gasteiger partial charge in [0.15, 0.2) is 0 Å². The molecule has 4 aromatic rings. The zero-order valence-electron chi connectivity index (χ0n) is 33.2. The number of nitrogens with zero attached hydrogens (tertiary/aromatic N) is 3. The Bertz CT molecular complexity index is 2170. The number of hydrogen-bond donors (Lipinski definition) is 3. The number of aromatic nitrogens is 2. The predicted molar refractivity (Wildman–Crippen MR) is 220 cm³/mol. The van der Waals surface area contributed by atoms with Gasteiger partial charge in [-0.15, -0.1) is 0 Å². The fraction of sp³-hybridized carbons (Fsp3) is 0.419. The van der Waals surface area contributed by atoms with E-state index in [2.05, 4.69) is 15.6 Å². The van der Waals surface area contributed by atoms with Crippen molar-refractivity contribution in [3.8, 4) is 45.3 Å². The van der Waals surface area contributed by atoms with E-state index in [0.717, 1.165) is 5.56 Å². The standard InChI is InChI=1S/C43H49Cl2N5O7/c1-24(2)37(49-43(18-19-43)40(52)53)31-14-11-25(21-33(31)55-6)38-36(45)29(17-20-46-38)28-9-8-10-30(35(28)44)32-15-12-26(39(48-32)56-7)22-50(41(54)57-42(3,4)5)23-27-13-16-34(51)47-27/h8-12,14-15,17,20-21,24,27,37,49H,13,16,18-19,22-23H2,1-7H3,(H,47,51)(H,52,53)/t27-,37-/m0/s1. The maximum Gasteiger partial charge on any atom is 0.410 e. The monoisotopic (exact) mass is 817 g/mol. The average molecular weight is 819 g/mol. The zero-order chi connectivity index (χ0) is 41.2. The molecule has 0 bridgehead atoms. The molecule has 2 aromatic heterocycles. The van der Waals surface area contributed by atoms with E-state index < -0.39 is 23.2 Å². The van der Waals surface area contributed by atoms with Crippen LogP contribution in [0.5, 0.6) is 11.6 Å². The van der Waals surface area contributed by atoms with Gasteiger partial charge in [-0.25, -0.2) is 9.78 Å². The smallest absolute Gasteiger partial charge is 0.410 e. The minimum absolute atomic E-state index is 0.0413. The van der Waals surface area contributed by atoms with E-state index in [9.17, 15) is 19.5 Å². The number of carbonyl (C=O) groups excluding carboxylic acids is 2. The van der Waals surface area contributed by atoms with Crippen LogP contribution in [0.2, 0.25) is 10.0 Å². The van der Waals surface area contributed by atoms with E-state index in [1.807, 2.05) is 62.4 Å². The van der Waals surface area contributed by atoms with Crippen LogP contribution in [0.3, 0.4) is 0 Å². The summed E-state index contributed by atoms with van der Waals surface area (Å²) >= 11 is 14.3. The largest absolute Gasteiger partial charge is 0.496 e. The first-order valence-corrected chi connectivity index (χ1v) is 19.7. The highest BCUT2D eigenvalue weighted by molar-refractivity contribution is 6.39. The SMILES string of the molecule is COc1cc(-c2nccc(-c3cccc(-c4ccc(CN(C[C@@H]5CCC(=O)N5)C(=O)OC(C)(C)C)c(OC)n4)c3Cl)c2Cl)ccc1[C@@H](NC1(C(=O)O)CC1)C(C)C. The molecule has 1 saturated carbocycles. The third-order valence-electron chi connectivity index (χ3n) is 10.2. The molecule has 2 aliphatic rings. The van der Waals surface area contributed by atoms with Crippen LogP contribution in [0.15, 0.2) is 60.8 Å². The Hall–Kier alpha value is -4.91. The van der Waals surface area contributed by atoms with Crippen LogP contribution in [0.25, 0.3) is 33.6 Å². The molecule has 12 nitrogen and oxygen atoms in total. The van der Waals surface area contributed by atoms with Crippen molar-refractivity contribution in [3.05, 3.63) is 82.0 Å². The Morgan fingerprint density at radius 1 is 1.02 bits per heavy atom. The van der Waals surface area contributed by atoms with Gasteiger partial charge in [-0.2, -0.15) is 0 Å². The van der Waals surface area contributed by atoms with Crippen molar-refractivity contribution in [1.29, 1.82) is 0 Å². The molecular formula is C43H49Cl2N5O7. The summed E-state index contributed by atoms with van der Waals surface area (Å²) in [6.07, 6.45) is 3.36. The number of aliphatic carboxylic acids is 1. The summed E-state index contributed by atoms with van der Waals surface area (Å²) in [5, 5.41) is 17.0. The predicted octanol–water partition coefficient (Wildman–Crippen LogP) is 8.72. The number of hydrogen-bond acceptors (Lipinski definition) is 9. The van der Waals surface area contributed by atoms with E-state index >= 15 is 0 Å². The summed E-state index contributed by atoms with van der Waals surface area (Å²) in [4.78, 5) is 48.2. The molecule has 0 spiro atoms. The second-order valence-electron chi connectivity index (χ2n) is 15.9. The topological polar surface area (TPSA) is 152 Å². The summed E-state index contributed by atoms with van der Waals surface area (Å²) in [6.45, 7) is 9.92. The van der Waals surface area contributed by atoms with Crippen molar-refractivity contribution in [3.63, 3.8) is 0 Å². The number of carbonyl (C=O) groups is 3. The lowest BCUT2D eigenvalue weighted by atomic mass is 9.92. The van der Waals surface area contributed by atoms with Crippen LogP contribution in [-0.4, -0.2) is 75.9 Å². The molecule has 6 rings (SSSR count). The van der Waals surface area contributed by atoms with Gasteiger partial charge in [0.05, 0.1) is 42.2 Å². The molecule has 3 heterocycles. The summed E-state index contributed by atoms with van der Waals surface area (Å²) < 4.78 is 17.3. The van der Waals surface area contributed by atoms with Gasteiger partial charge in [0.2, 0.25) is 11.8 Å². The fourth-order valence-corrected chi connectivity index (χ4v) is 7.73. The van der Waals surface area contributed by atoms with Gasteiger partial charge in [0.25, 0.3) is 0 Å². The lowest BCUT2D eigenvalue weighted by Gasteiger charge is -2.29. The molecule has 2 atom stereocenters. The van der Waals surface area contributed by atoms with Crippen LogP contribution in [0.4, 0.5) is 4.79 Å². The molecule has 302 valence electrons. The molecule has 57 heavy (non-hydrogen) atoms. The number of ether oxygens (including phenoxy) is 3. The van der Waals surface area contributed by atoms with E-state index in [4.69, 9.17) is 42.4 Å². The highest BCUT2D eigenvalue weighted by atomic mass is 35.5. The van der Waals surface area contributed by atoms with Crippen LogP contribution in [-0.2, 0) is 20.9 Å². The van der Waals surface area contributed by atoms with Crippen molar-refractivity contribution in [2.24, 2.45) is 5.92 Å². The number of nitrogens with one attached hydrogen (secondary N) is 2. The average Bonchev–Trinajstić information content (AvgIpc) is 3.85. The molecular weight excluding hydrogens is 769 g/mol. The van der Waals surface area contributed by atoms with E-state index in [1.54, 1.807) is 45.0 Å². The van der Waals surface area contributed by atoms with Crippen LogP contribution in [0.1, 0.15) is 77.5 Å². The number of amides is 2. The number of carboxylic acids is 1. The Kier molecular flexibility index (Phi) is 12.4. The normalized spacial score (nSPS) is 16.5. The minimum Gasteiger partial charge on any atom is -0.496 e. The van der Waals surface area contributed by atoms with Crippen molar-refractivity contribution in [2.45, 2.75) is 90.1 Å². The third kappa shape index (κ3) is 9.29.